The summed E-state index contributed by atoms with van der Waals surface area (Å²) in [5.74, 6) is -4.04. The van der Waals surface area contributed by atoms with Crippen molar-refractivity contribution in [3.05, 3.63) is 70.8 Å². The van der Waals surface area contributed by atoms with Gasteiger partial charge in [-0.25, -0.2) is 9.59 Å². The predicted molar refractivity (Wildman–Crippen MR) is 108 cm³/mol. The number of aromatic nitrogens is 2. The first-order valence-corrected chi connectivity index (χ1v) is 9.62. The van der Waals surface area contributed by atoms with Gasteiger partial charge in [-0.3, -0.25) is 9.88 Å². The number of carbonyl (C=O) groups excluding carboxylic acids is 1. The molecule has 2 heterocycles. The van der Waals surface area contributed by atoms with Crippen LogP contribution in [-0.2, 0) is 16.1 Å². The van der Waals surface area contributed by atoms with Crippen molar-refractivity contribution in [1.82, 2.24) is 9.55 Å². The Morgan fingerprint density at radius 3 is 2.66 bits per heavy atom. The molecule has 1 saturated heterocycles. The summed E-state index contributed by atoms with van der Waals surface area (Å²) in [6.07, 6.45) is -5.93. The number of amides is 1. The molecule has 4 rings (SSSR count). The first-order valence-electron chi connectivity index (χ1n) is 9.62. The number of fused-ring (bicyclic) bond motifs is 1. The SMILES string of the molecule is O=C(Nc1ccn(C2OC(CO)C(O)C2(F)F)c(=O)n1)OCc1ccc2ccccc2c1. The quantitative estimate of drug-likeness (QED) is 0.547. The number of alkyl halides is 2. The minimum atomic E-state index is -3.83. The zero-order valence-electron chi connectivity index (χ0n) is 16.5. The molecule has 1 fully saturated rings. The van der Waals surface area contributed by atoms with E-state index in [1.165, 1.54) is 0 Å². The van der Waals surface area contributed by atoms with Gasteiger partial charge in [0.25, 0.3) is 0 Å². The fourth-order valence-corrected chi connectivity index (χ4v) is 3.40. The minimum Gasteiger partial charge on any atom is -0.444 e. The van der Waals surface area contributed by atoms with E-state index >= 15 is 0 Å². The molecule has 0 bridgehead atoms. The van der Waals surface area contributed by atoms with E-state index in [1.807, 2.05) is 42.5 Å². The summed E-state index contributed by atoms with van der Waals surface area (Å²) in [6, 6.07) is 14.4. The van der Waals surface area contributed by atoms with Gasteiger partial charge in [0.05, 0.1) is 6.61 Å². The lowest BCUT2D eigenvalue weighted by Crippen LogP contribution is -2.41. The maximum Gasteiger partial charge on any atom is 0.413 e. The molecule has 11 heteroatoms. The van der Waals surface area contributed by atoms with Crippen LogP contribution in [0.1, 0.15) is 11.8 Å². The van der Waals surface area contributed by atoms with Crippen molar-refractivity contribution in [2.45, 2.75) is 31.0 Å². The standard InChI is InChI=1S/C21H19F2N3O6/c22-21(23)17(28)15(10-27)32-18(21)26-8-7-16(24-19(26)29)25-20(30)31-11-12-5-6-13-3-1-2-4-14(13)9-12/h1-9,15,17-18,27-28H,10-11H2,(H,24,25,29,30). The van der Waals surface area contributed by atoms with E-state index in [-0.39, 0.29) is 12.4 Å². The number of aliphatic hydroxyl groups excluding tert-OH is 2. The largest absolute Gasteiger partial charge is 0.444 e. The van der Waals surface area contributed by atoms with Crippen molar-refractivity contribution in [3.63, 3.8) is 0 Å². The second kappa shape index (κ2) is 8.61. The number of ether oxygens (including phenoxy) is 2. The van der Waals surface area contributed by atoms with E-state index < -0.39 is 42.7 Å². The third-order valence-electron chi connectivity index (χ3n) is 5.06. The van der Waals surface area contributed by atoms with E-state index in [0.29, 0.717) is 4.57 Å². The number of carbonyl (C=O) groups is 1. The van der Waals surface area contributed by atoms with Crippen LogP contribution in [-0.4, -0.2) is 50.6 Å². The average molecular weight is 447 g/mol. The van der Waals surface area contributed by atoms with Gasteiger partial charge in [-0.05, 0) is 28.5 Å². The summed E-state index contributed by atoms with van der Waals surface area (Å²) in [6.45, 7) is -0.881. The van der Waals surface area contributed by atoms with Crippen LogP contribution in [0.15, 0.2) is 59.5 Å². The summed E-state index contributed by atoms with van der Waals surface area (Å²) >= 11 is 0. The normalized spacial score (nSPS) is 22.1. The van der Waals surface area contributed by atoms with E-state index in [1.54, 1.807) is 0 Å². The summed E-state index contributed by atoms with van der Waals surface area (Å²) < 4.78 is 38.9. The average Bonchev–Trinajstić information content (AvgIpc) is 3.01. The molecule has 9 nitrogen and oxygen atoms in total. The first kappa shape index (κ1) is 21.8. The first-order chi connectivity index (χ1) is 15.3. The van der Waals surface area contributed by atoms with Crippen LogP contribution in [0.2, 0.25) is 0 Å². The van der Waals surface area contributed by atoms with Crippen molar-refractivity contribution >= 4 is 22.7 Å². The Kier molecular flexibility index (Phi) is 5.87. The predicted octanol–water partition coefficient (Wildman–Crippen LogP) is 2.03. The van der Waals surface area contributed by atoms with Gasteiger partial charge in [-0.15, -0.1) is 0 Å². The highest BCUT2D eigenvalue weighted by atomic mass is 19.3. The van der Waals surface area contributed by atoms with Gasteiger partial charge >= 0.3 is 17.7 Å². The molecule has 1 aromatic heterocycles. The molecule has 1 aliphatic heterocycles. The van der Waals surface area contributed by atoms with Gasteiger partial charge in [-0.2, -0.15) is 13.8 Å². The number of halogens is 2. The minimum absolute atomic E-state index is 0.0314. The van der Waals surface area contributed by atoms with Crippen LogP contribution >= 0.6 is 0 Å². The van der Waals surface area contributed by atoms with E-state index in [4.69, 9.17) is 14.6 Å². The lowest BCUT2D eigenvalue weighted by molar-refractivity contribution is -0.140. The smallest absolute Gasteiger partial charge is 0.413 e. The number of hydrogen-bond donors (Lipinski definition) is 3. The third kappa shape index (κ3) is 4.17. The van der Waals surface area contributed by atoms with E-state index in [2.05, 4.69) is 10.3 Å². The summed E-state index contributed by atoms with van der Waals surface area (Å²) in [4.78, 5) is 27.8. The Labute approximate surface area is 179 Å². The van der Waals surface area contributed by atoms with Crippen LogP contribution in [0.25, 0.3) is 10.8 Å². The van der Waals surface area contributed by atoms with Gasteiger partial charge in [0.1, 0.15) is 18.5 Å². The molecule has 1 amide bonds. The fraction of sp³-hybridized carbons (Fsp3) is 0.286. The van der Waals surface area contributed by atoms with Gasteiger partial charge in [0, 0.05) is 6.20 Å². The number of aliphatic hydroxyl groups is 2. The maximum atomic E-state index is 14.2. The van der Waals surface area contributed by atoms with Crippen LogP contribution in [0.5, 0.6) is 0 Å². The number of hydrogen-bond acceptors (Lipinski definition) is 7. The Morgan fingerprint density at radius 2 is 1.97 bits per heavy atom. The fourth-order valence-electron chi connectivity index (χ4n) is 3.40. The Morgan fingerprint density at radius 1 is 1.22 bits per heavy atom. The maximum absolute atomic E-state index is 14.2. The number of anilines is 1. The highest BCUT2D eigenvalue weighted by Crippen LogP contribution is 2.41. The van der Waals surface area contributed by atoms with Crippen LogP contribution in [0.4, 0.5) is 19.4 Å². The van der Waals surface area contributed by atoms with E-state index in [9.17, 15) is 23.5 Å². The van der Waals surface area contributed by atoms with Crippen molar-refractivity contribution in [1.29, 1.82) is 0 Å². The van der Waals surface area contributed by atoms with Gasteiger partial charge < -0.3 is 19.7 Å². The number of nitrogens with zero attached hydrogens (tertiary/aromatic N) is 2. The van der Waals surface area contributed by atoms with Crippen molar-refractivity contribution in [2.75, 3.05) is 11.9 Å². The molecule has 1 aliphatic rings. The molecule has 3 atom stereocenters. The van der Waals surface area contributed by atoms with E-state index in [0.717, 1.165) is 28.6 Å². The van der Waals surface area contributed by atoms with Crippen molar-refractivity contribution in [3.8, 4) is 0 Å². The molecule has 0 radical (unpaired) electrons. The molecule has 3 N–H and O–H groups in total. The molecule has 0 spiro atoms. The van der Waals surface area contributed by atoms with Gasteiger partial charge in [0.2, 0.25) is 6.23 Å². The lowest BCUT2D eigenvalue weighted by Gasteiger charge is -2.21. The monoisotopic (exact) mass is 447 g/mol. The Bertz CT molecular complexity index is 1200. The molecule has 0 saturated carbocycles. The number of rotatable bonds is 5. The zero-order valence-corrected chi connectivity index (χ0v) is 16.5. The highest BCUT2D eigenvalue weighted by Gasteiger charge is 2.59. The summed E-state index contributed by atoms with van der Waals surface area (Å²) in [5.41, 5.74) is -0.396. The molecule has 2 aromatic carbocycles. The third-order valence-corrected chi connectivity index (χ3v) is 5.06. The Balaban J connectivity index is 1.41. The van der Waals surface area contributed by atoms with Crippen LogP contribution in [0.3, 0.4) is 0 Å². The second-order valence-electron chi connectivity index (χ2n) is 7.21. The second-order valence-corrected chi connectivity index (χ2v) is 7.21. The van der Waals surface area contributed by atoms with Crippen molar-refractivity contribution in [2.24, 2.45) is 0 Å². The molecule has 3 unspecified atom stereocenters. The molecule has 0 aliphatic carbocycles. The summed E-state index contributed by atoms with van der Waals surface area (Å²) in [7, 11) is 0. The summed E-state index contributed by atoms with van der Waals surface area (Å²) in [5, 5.41) is 22.9. The number of benzene rings is 2. The zero-order chi connectivity index (χ0) is 22.9. The molecular weight excluding hydrogens is 428 g/mol. The van der Waals surface area contributed by atoms with Gasteiger partial charge in [0.15, 0.2) is 6.10 Å². The lowest BCUT2D eigenvalue weighted by atomic mass is 10.1. The molecular formula is C21H19F2N3O6. The number of nitrogens with one attached hydrogen (secondary N) is 1. The van der Waals surface area contributed by atoms with Crippen molar-refractivity contribution < 1.29 is 33.3 Å². The van der Waals surface area contributed by atoms with Gasteiger partial charge in [-0.1, -0.05) is 36.4 Å². The molecule has 3 aromatic rings. The topological polar surface area (TPSA) is 123 Å². The Hall–Kier alpha value is -3.41. The molecule has 32 heavy (non-hydrogen) atoms. The molecule has 168 valence electrons. The van der Waals surface area contributed by atoms with Crippen LogP contribution < -0.4 is 11.0 Å². The van der Waals surface area contributed by atoms with Crippen LogP contribution in [0, 0.1) is 0 Å². The highest BCUT2D eigenvalue weighted by molar-refractivity contribution is 5.84.